The molecule has 19 heavy (non-hydrogen) atoms. The Hall–Kier alpha value is -2.36. The third kappa shape index (κ3) is 1.46. The molecule has 0 radical (unpaired) electrons. The van der Waals surface area contributed by atoms with Crippen LogP contribution in [0.5, 0.6) is 17.2 Å². The van der Waals surface area contributed by atoms with Gasteiger partial charge >= 0.3 is 0 Å². The summed E-state index contributed by atoms with van der Waals surface area (Å²) in [6, 6.07) is 10.0. The molecule has 1 aromatic heterocycles. The summed E-state index contributed by atoms with van der Waals surface area (Å²) in [6.45, 7) is 1.19. The largest absolute Gasteiger partial charge is 0.497 e. The predicted octanol–water partition coefficient (Wildman–Crippen LogP) is 3.10. The van der Waals surface area contributed by atoms with Gasteiger partial charge in [-0.25, -0.2) is 0 Å². The highest BCUT2D eigenvalue weighted by Gasteiger charge is 2.18. The number of aromatic nitrogens is 1. The summed E-state index contributed by atoms with van der Waals surface area (Å²) in [5, 5.41) is 2.25. The number of aromatic amines is 1. The number of nitrogens with one attached hydrogen (secondary N) is 1. The van der Waals surface area contributed by atoms with Gasteiger partial charge in [-0.15, -0.1) is 0 Å². The van der Waals surface area contributed by atoms with Gasteiger partial charge in [-0.3, -0.25) is 0 Å². The van der Waals surface area contributed by atoms with Crippen LogP contribution in [0.15, 0.2) is 30.3 Å². The molecule has 0 unspecified atom stereocenters. The predicted molar refractivity (Wildman–Crippen MR) is 73.3 cm³/mol. The van der Waals surface area contributed by atoms with Gasteiger partial charge in [-0.2, -0.15) is 0 Å². The van der Waals surface area contributed by atoms with Gasteiger partial charge in [0.25, 0.3) is 0 Å². The highest BCUT2D eigenvalue weighted by Crippen LogP contribution is 2.40. The van der Waals surface area contributed by atoms with E-state index in [4.69, 9.17) is 14.2 Å². The van der Waals surface area contributed by atoms with E-state index in [0.29, 0.717) is 13.2 Å². The molecule has 4 rings (SSSR count). The minimum atomic E-state index is 0.588. The summed E-state index contributed by atoms with van der Waals surface area (Å²) in [4.78, 5) is 3.40. The van der Waals surface area contributed by atoms with Gasteiger partial charge in [0.2, 0.25) is 0 Å². The molecule has 0 fully saturated rings. The fourth-order valence-electron chi connectivity index (χ4n) is 2.58. The maximum Gasteiger partial charge on any atom is 0.185 e. The van der Waals surface area contributed by atoms with E-state index in [1.807, 2.05) is 24.3 Å². The van der Waals surface area contributed by atoms with Crippen LogP contribution in [-0.2, 0) is 0 Å². The summed E-state index contributed by atoms with van der Waals surface area (Å²) in [6.07, 6.45) is 0. The quantitative estimate of drug-likeness (QED) is 0.726. The average molecular weight is 255 g/mol. The van der Waals surface area contributed by atoms with Crippen LogP contribution in [0.2, 0.25) is 0 Å². The third-order valence-electron chi connectivity index (χ3n) is 3.49. The molecule has 1 aliphatic heterocycles. The van der Waals surface area contributed by atoms with Gasteiger partial charge in [0.15, 0.2) is 11.5 Å². The van der Waals surface area contributed by atoms with Crippen LogP contribution in [-0.4, -0.2) is 25.3 Å². The van der Waals surface area contributed by atoms with Crippen LogP contribution in [0.25, 0.3) is 21.8 Å². The second kappa shape index (κ2) is 3.82. The van der Waals surface area contributed by atoms with Crippen LogP contribution in [0.3, 0.4) is 0 Å². The topological polar surface area (TPSA) is 43.5 Å². The van der Waals surface area contributed by atoms with E-state index in [1.54, 1.807) is 7.11 Å². The van der Waals surface area contributed by atoms with Crippen molar-refractivity contribution in [1.29, 1.82) is 0 Å². The second-order valence-electron chi connectivity index (χ2n) is 4.55. The number of ether oxygens (including phenoxy) is 3. The average Bonchev–Trinajstić information content (AvgIpc) is 2.85. The molecule has 1 N–H and O–H groups in total. The number of methoxy groups -OCH3 is 1. The first-order valence-corrected chi connectivity index (χ1v) is 6.25. The van der Waals surface area contributed by atoms with Gasteiger partial charge in [0, 0.05) is 16.3 Å². The van der Waals surface area contributed by atoms with E-state index in [9.17, 15) is 0 Å². The second-order valence-corrected chi connectivity index (χ2v) is 4.55. The summed E-state index contributed by atoms with van der Waals surface area (Å²) in [5.41, 5.74) is 2.05. The fraction of sp³-hybridized carbons (Fsp3) is 0.200. The monoisotopic (exact) mass is 255 g/mol. The van der Waals surface area contributed by atoms with Crippen LogP contribution in [0.4, 0.5) is 0 Å². The smallest absolute Gasteiger partial charge is 0.185 e. The first kappa shape index (κ1) is 10.6. The normalized spacial score (nSPS) is 13.9. The van der Waals surface area contributed by atoms with Crippen molar-refractivity contribution >= 4 is 21.8 Å². The van der Waals surface area contributed by atoms with Crippen LogP contribution in [0, 0.1) is 0 Å². The molecule has 1 aliphatic rings. The maximum absolute atomic E-state index is 5.74. The molecular formula is C15H13NO3. The molecule has 4 heteroatoms. The molecular weight excluding hydrogens is 242 g/mol. The Labute approximate surface area is 109 Å². The van der Waals surface area contributed by atoms with Gasteiger partial charge < -0.3 is 19.2 Å². The minimum Gasteiger partial charge on any atom is -0.497 e. The Balaban J connectivity index is 2.08. The highest BCUT2D eigenvalue weighted by atomic mass is 16.6. The lowest BCUT2D eigenvalue weighted by Gasteiger charge is -2.18. The number of H-pyrrole nitrogens is 1. The van der Waals surface area contributed by atoms with E-state index >= 15 is 0 Å². The molecule has 0 saturated carbocycles. The lowest BCUT2D eigenvalue weighted by Crippen LogP contribution is -2.15. The van der Waals surface area contributed by atoms with Gasteiger partial charge in [-0.1, -0.05) is 0 Å². The first-order chi connectivity index (χ1) is 9.36. The Morgan fingerprint density at radius 2 is 1.95 bits per heavy atom. The fourth-order valence-corrected chi connectivity index (χ4v) is 2.58. The van der Waals surface area contributed by atoms with E-state index < -0.39 is 0 Å². The van der Waals surface area contributed by atoms with Crippen molar-refractivity contribution in [2.75, 3.05) is 20.3 Å². The van der Waals surface area contributed by atoms with Crippen LogP contribution >= 0.6 is 0 Å². The standard InChI is InChI=1S/C15H13NO3/c1-17-9-2-4-12-11(8-9)10-3-5-13-15(14(10)16-12)19-7-6-18-13/h2-5,8,16H,6-7H2,1H3. The molecule has 2 aromatic carbocycles. The molecule has 0 saturated heterocycles. The molecule has 96 valence electrons. The van der Waals surface area contributed by atoms with Gasteiger partial charge in [-0.05, 0) is 30.3 Å². The third-order valence-corrected chi connectivity index (χ3v) is 3.49. The van der Waals surface area contributed by atoms with Gasteiger partial charge in [0.05, 0.1) is 12.6 Å². The van der Waals surface area contributed by atoms with Crippen molar-refractivity contribution < 1.29 is 14.2 Å². The zero-order valence-corrected chi connectivity index (χ0v) is 10.5. The SMILES string of the molecule is COc1ccc2[nH]c3c4c(ccc3c2c1)OCCO4. The maximum atomic E-state index is 5.74. The van der Waals surface area contributed by atoms with Gasteiger partial charge in [0.1, 0.15) is 19.0 Å². The zero-order valence-electron chi connectivity index (χ0n) is 10.5. The summed E-state index contributed by atoms with van der Waals surface area (Å²) < 4.78 is 16.6. The van der Waals surface area contributed by atoms with Crippen molar-refractivity contribution in [3.8, 4) is 17.2 Å². The number of fused-ring (bicyclic) bond motifs is 5. The molecule has 0 amide bonds. The van der Waals surface area contributed by atoms with E-state index in [0.717, 1.165) is 39.1 Å². The van der Waals surface area contributed by atoms with Crippen molar-refractivity contribution in [3.05, 3.63) is 30.3 Å². The molecule has 2 heterocycles. The molecule has 0 atom stereocenters. The number of hydrogen-bond acceptors (Lipinski definition) is 3. The summed E-state index contributed by atoms with van der Waals surface area (Å²) in [5.74, 6) is 2.46. The molecule has 4 nitrogen and oxygen atoms in total. The van der Waals surface area contributed by atoms with Crippen molar-refractivity contribution in [3.63, 3.8) is 0 Å². The molecule has 0 bridgehead atoms. The number of hydrogen-bond donors (Lipinski definition) is 1. The van der Waals surface area contributed by atoms with Crippen LogP contribution in [0.1, 0.15) is 0 Å². The minimum absolute atomic E-state index is 0.588. The molecule has 0 spiro atoms. The van der Waals surface area contributed by atoms with Crippen LogP contribution < -0.4 is 14.2 Å². The summed E-state index contributed by atoms with van der Waals surface area (Å²) in [7, 11) is 1.68. The molecule has 0 aliphatic carbocycles. The lowest BCUT2D eigenvalue weighted by molar-refractivity contribution is 0.173. The lowest BCUT2D eigenvalue weighted by atomic mass is 10.1. The first-order valence-electron chi connectivity index (χ1n) is 6.25. The Morgan fingerprint density at radius 1 is 1.05 bits per heavy atom. The zero-order chi connectivity index (χ0) is 12.8. The van der Waals surface area contributed by atoms with Crippen molar-refractivity contribution in [2.24, 2.45) is 0 Å². The highest BCUT2D eigenvalue weighted by molar-refractivity contribution is 6.10. The Bertz CT molecular complexity index is 776. The van der Waals surface area contributed by atoms with E-state index in [1.165, 1.54) is 0 Å². The van der Waals surface area contributed by atoms with Crippen molar-refractivity contribution in [2.45, 2.75) is 0 Å². The van der Waals surface area contributed by atoms with E-state index in [2.05, 4.69) is 11.1 Å². The van der Waals surface area contributed by atoms with Crippen molar-refractivity contribution in [1.82, 2.24) is 4.98 Å². The number of rotatable bonds is 1. The Morgan fingerprint density at radius 3 is 2.84 bits per heavy atom. The molecule has 3 aromatic rings. The van der Waals surface area contributed by atoms with E-state index in [-0.39, 0.29) is 0 Å². The Kier molecular flexibility index (Phi) is 2.12. The summed E-state index contributed by atoms with van der Waals surface area (Å²) >= 11 is 0. The number of benzene rings is 2.